The fourth-order valence-corrected chi connectivity index (χ4v) is 2.52. The summed E-state index contributed by atoms with van der Waals surface area (Å²) in [7, 11) is 1.74. The molecule has 6 heteroatoms. The predicted molar refractivity (Wildman–Crippen MR) is 82.9 cm³/mol. The monoisotopic (exact) mass is 307 g/mol. The smallest absolute Gasteiger partial charge is 0.239 e. The van der Waals surface area contributed by atoms with Gasteiger partial charge in [-0.25, -0.2) is 4.39 Å². The lowest BCUT2D eigenvalue weighted by molar-refractivity contribution is -0.135. The largest absolute Gasteiger partial charge is 0.341 e. The Morgan fingerprint density at radius 3 is 2.68 bits per heavy atom. The molecule has 1 aliphatic rings. The Morgan fingerprint density at radius 2 is 2.05 bits per heavy atom. The molecule has 0 radical (unpaired) electrons. The van der Waals surface area contributed by atoms with Crippen LogP contribution in [0.25, 0.3) is 0 Å². The van der Waals surface area contributed by atoms with E-state index in [1.807, 2.05) is 4.90 Å². The van der Waals surface area contributed by atoms with E-state index in [4.69, 9.17) is 0 Å². The quantitative estimate of drug-likeness (QED) is 0.901. The number of nitrogens with zero attached hydrogens (tertiary/aromatic N) is 2. The highest BCUT2D eigenvalue weighted by Gasteiger charge is 2.26. The van der Waals surface area contributed by atoms with Gasteiger partial charge in [0.05, 0.1) is 12.6 Å². The van der Waals surface area contributed by atoms with Gasteiger partial charge in [0.25, 0.3) is 0 Å². The molecule has 0 saturated carbocycles. The van der Waals surface area contributed by atoms with Crippen molar-refractivity contribution in [2.75, 3.05) is 32.0 Å². The van der Waals surface area contributed by atoms with Gasteiger partial charge in [-0.15, -0.1) is 0 Å². The fraction of sp³-hybridized carbons (Fsp3) is 0.500. The molecule has 0 aromatic heterocycles. The number of likely N-dealkylation sites (tertiary alicyclic amines) is 1. The van der Waals surface area contributed by atoms with E-state index in [9.17, 15) is 14.0 Å². The fourth-order valence-electron chi connectivity index (χ4n) is 2.52. The maximum Gasteiger partial charge on any atom is 0.239 e. The summed E-state index contributed by atoms with van der Waals surface area (Å²) < 4.78 is 13.1. The van der Waals surface area contributed by atoms with Crippen LogP contribution in [0.15, 0.2) is 24.3 Å². The summed E-state index contributed by atoms with van der Waals surface area (Å²) in [5.74, 6) is -0.614. The van der Waals surface area contributed by atoms with E-state index in [1.165, 1.54) is 18.2 Å². The van der Waals surface area contributed by atoms with Gasteiger partial charge >= 0.3 is 0 Å². The van der Waals surface area contributed by atoms with Gasteiger partial charge in [-0.2, -0.15) is 0 Å². The number of halogens is 1. The molecule has 1 heterocycles. The maximum absolute atomic E-state index is 13.1. The number of amides is 2. The number of carbonyl (C=O) groups excluding carboxylic acids is 2. The standard InChI is InChI=1S/C16H22FN3O2/c1-12(16(22)20-8-3-4-9-20)19(2)11-15(21)18-14-7-5-6-13(17)10-14/h5-7,10,12H,3-4,8-9,11H2,1-2H3,(H,18,21)/t12-/m0/s1. The van der Waals surface area contributed by atoms with Crippen molar-refractivity contribution < 1.29 is 14.0 Å². The molecule has 1 N–H and O–H groups in total. The van der Waals surface area contributed by atoms with Crippen LogP contribution >= 0.6 is 0 Å². The zero-order valence-electron chi connectivity index (χ0n) is 13.0. The van der Waals surface area contributed by atoms with E-state index in [2.05, 4.69) is 5.32 Å². The summed E-state index contributed by atoms with van der Waals surface area (Å²) in [6.07, 6.45) is 2.09. The normalized spacial score (nSPS) is 15.9. The molecule has 0 aliphatic carbocycles. The lowest BCUT2D eigenvalue weighted by atomic mass is 10.2. The molecular weight excluding hydrogens is 285 g/mol. The van der Waals surface area contributed by atoms with Crippen LogP contribution in [0.2, 0.25) is 0 Å². The minimum Gasteiger partial charge on any atom is -0.341 e. The van der Waals surface area contributed by atoms with Crippen molar-refractivity contribution in [3.63, 3.8) is 0 Å². The second-order valence-electron chi connectivity index (χ2n) is 5.68. The van der Waals surface area contributed by atoms with Crippen LogP contribution in [0.1, 0.15) is 19.8 Å². The molecule has 1 aliphatic heterocycles. The average molecular weight is 307 g/mol. The first-order valence-electron chi connectivity index (χ1n) is 7.52. The molecule has 1 aromatic rings. The van der Waals surface area contributed by atoms with Gasteiger partial charge in [0.15, 0.2) is 0 Å². The Balaban J connectivity index is 1.86. The Hall–Kier alpha value is -1.95. The third kappa shape index (κ3) is 4.27. The molecule has 1 saturated heterocycles. The van der Waals surface area contributed by atoms with Gasteiger partial charge in [-0.05, 0) is 45.0 Å². The van der Waals surface area contributed by atoms with Crippen LogP contribution in [-0.4, -0.2) is 54.3 Å². The van der Waals surface area contributed by atoms with E-state index >= 15 is 0 Å². The van der Waals surface area contributed by atoms with Crippen LogP contribution in [0.3, 0.4) is 0 Å². The lowest BCUT2D eigenvalue weighted by Crippen LogP contribution is -2.46. The average Bonchev–Trinajstić information content (AvgIpc) is 2.99. The molecule has 2 amide bonds. The third-order valence-electron chi connectivity index (χ3n) is 3.94. The molecule has 1 atom stereocenters. The Kier molecular flexibility index (Phi) is 5.49. The Morgan fingerprint density at radius 1 is 1.36 bits per heavy atom. The summed E-state index contributed by atoms with van der Waals surface area (Å²) >= 11 is 0. The van der Waals surface area contributed by atoms with E-state index in [0.29, 0.717) is 5.69 Å². The van der Waals surface area contributed by atoms with E-state index in [-0.39, 0.29) is 24.4 Å². The summed E-state index contributed by atoms with van der Waals surface area (Å²) in [5.41, 5.74) is 0.414. The number of carbonyl (C=O) groups is 2. The number of rotatable bonds is 5. The number of likely N-dealkylation sites (N-methyl/N-ethyl adjacent to an activating group) is 1. The van der Waals surface area contributed by atoms with Gasteiger partial charge in [0.1, 0.15) is 5.82 Å². The zero-order valence-corrected chi connectivity index (χ0v) is 13.0. The molecule has 5 nitrogen and oxygen atoms in total. The minimum absolute atomic E-state index is 0.0542. The van der Waals surface area contributed by atoms with Crippen LogP contribution < -0.4 is 5.32 Å². The SMILES string of the molecule is C[C@@H](C(=O)N1CCCC1)N(C)CC(=O)Nc1cccc(F)c1. The summed E-state index contributed by atoms with van der Waals surface area (Å²) in [6.45, 7) is 3.48. The first-order valence-corrected chi connectivity index (χ1v) is 7.52. The summed E-state index contributed by atoms with van der Waals surface area (Å²) in [6, 6.07) is 5.39. The summed E-state index contributed by atoms with van der Waals surface area (Å²) in [5, 5.41) is 2.63. The molecule has 1 fully saturated rings. The molecule has 0 bridgehead atoms. The second-order valence-corrected chi connectivity index (χ2v) is 5.68. The number of benzene rings is 1. The van der Waals surface area contributed by atoms with Gasteiger partial charge < -0.3 is 10.2 Å². The predicted octanol–water partition coefficient (Wildman–Crippen LogP) is 1.71. The van der Waals surface area contributed by atoms with Crippen LogP contribution in [0, 0.1) is 5.82 Å². The van der Waals surface area contributed by atoms with Crippen molar-refractivity contribution >= 4 is 17.5 Å². The van der Waals surface area contributed by atoms with Crippen molar-refractivity contribution in [2.45, 2.75) is 25.8 Å². The molecule has 22 heavy (non-hydrogen) atoms. The third-order valence-corrected chi connectivity index (χ3v) is 3.94. The molecule has 0 spiro atoms. The number of hydrogen-bond donors (Lipinski definition) is 1. The van der Waals surface area contributed by atoms with Crippen molar-refractivity contribution in [3.05, 3.63) is 30.1 Å². The molecule has 2 rings (SSSR count). The summed E-state index contributed by atoms with van der Waals surface area (Å²) in [4.78, 5) is 27.8. The lowest BCUT2D eigenvalue weighted by Gasteiger charge is -2.27. The minimum atomic E-state index is -0.399. The van der Waals surface area contributed by atoms with Crippen molar-refractivity contribution in [1.29, 1.82) is 0 Å². The molecule has 0 unspecified atom stereocenters. The van der Waals surface area contributed by atoms with Crippen molar-refractivity contribution in [3.8, 4) is 0 Å². The zero-order chi connectivity index (χ0) is 16.1. The van der Waals surface area contributed by atoms with Gasteiger partial charge in [-0.3, -0.25) is 14.5 Å². The Labute approximate surface area is 130 Å². The van der Waals surface area contributed by atoms with Crippen LogP contribution in [0.5, 0.6) is 0 Å². The van der Waals surface area contributed by atoms with Gasteiger partial charge in [-0.1, -0.05) is 6.07 Å². The van der Waals surface area contributed by atoms with Crippen LogP contribution in [-0.2, 0) is 9.59 Å². The number of hydrogen-bond acceptors (Lipinski definition) is 3. The molecule has 120 valence electrons. The highest BCUT2D eigenvalue weighted by Crippen LogP contribution is 2.12. The van der Waals surface area contributed by atoms with Crippen molar-refractivity contribution in [2.24, 2.45) is 0 Å². The Bertz CT molecular complexity index is 544. The first-order chi connectivity index (χ1) is 10.5. The highest BCUT2D eigenvalue weighted by atomic mass is 19.1. The van der Waals surface area contributed by atoms with E-state index in [1.54, 1.807) is 24.9 Å². The topological polar surface area (TPSA) is 52.7 Å². The highest BCUT2D eigenvalue weighted by molar-refractivity contribution is 5.92. The van der Waals surface area contributed by atoms with Crippen LogP contribution in [0.4, 0.5) is 10.1 Å². The maximum atomic E-state index is 13.1. The van der Waals surface area contributed by atoms with Crippen molar-refractivity contribution in [1.82, 2.24) is 9.80 Å². The van der Waals surface area contributed by atoms with Gasteiger partial charge in [0, 0.05) is 18.8 Å². The van der Waals surface area contributed by atoms with E-state index < -0.39 is 5.82 Å². The molecular formula is C16H22FN3O2. The van der Waals surface area contributed by atoms with Gasteiger partial charge in [0.2, 0.25) is 11.8 Å². The number of anilines is 1. The second kappa shape index (κ2) is 7.35. The number of nitrogens with one attached hydrogen (secondary N) is 1. The van der Waals surface area contributed by atoms with E-state index in [0.717, 1.165) is 25.9 Å². The first kappa shape index (κ1) is 16.4. The molecule has 1 aromatic carbocycles.